The third kappa shape index (κ3) is 2.28. The molecule has 0 saturated carbocycles. The molecule has 0 heterocycles. The van der Waals surface area contributed by atoms with Gasteiger partial charge in [0.2, 0.25) is 0 Å². The van der Waals surface area contributed by atoms with Gasteiger partial charge in [0, 0.05) is 5.56 Å². The summed E-state index contributed by atoms with van der Waals surface area (Å²) in [5.74, 6) is -1.38. The van der Waals surface area contributed by atoms with Crippen LogP contribution >= 0.6 is 0 Å². The number of ketones is 2. The second-order valence-corrected chi connectivity index (χ2v) is 6.16. The minimum Gasteiger partial charge on any atom is -0.497 e. The highest BCUT2D eigenvalue weighted by Gasteiger charge is 2.48. The molecule has 0 amide bonds. The van der Waals surface area contributed by atoms with Gasteiger partial charge in [-0.3, -0.25) is 9.59 Å². The third-order valence-corrected chi connectivity index (χ3v) is 4.83. The molecule has 1 aliphatic carbocycles. The Morgan fingerprint density at radius 1 is 1.12 bits per heavy atom. The summed E-state index contributed by atoms with van der Waals surface area (Å²) in [6.45, 7) is 1.52. The number of Topliss-reactive ketones (excluding diaryl/α,β-unsaturated/α-hetero) is 2. The first-order chi connectivity index (χ1) is 11.4. The fourth-order valence-electron chi connectivity index (χ4n) is 3.29. The summed E-state index contributed by atoms with van der Waals surface area (Å²) >= 11 is 0. The summed E-state index contributed by atoms with van der Waals surface area (Å²) in [5, 5.41) is 1.94. The number of ether oxygens (including phenoxy) is 2. The normalized spacial score (nSPS) is 19.7. The molecule has 0 fully saturated rings. The van der Waals surface area contributed by atoms with Crippen LogP contribution in [0.3, 0.4) is 0 Å². The van der Waals surface area contributed by atoms with Gasteiger partial charge in [-0.2, -0.15) is 0 Å². The van der Waals surface area contributed by atoms with E-state index in [1.807, 2.05) is 24.3 Å². The number of methoxy groups -OCH3 is 2. The molecule has 0 spiro atoms. The molecule has 0 N–H and O–H groups in total. The first kappa shape index (κ1) is 16.2. The van der Waals surface area contributed by atoms with Crippen LogP contribution in [0.1, 0.15) is 29.3 Å². The molecule has 5 nitrogen and oxygen atoms in total. The highest BCUT2D eigenvalue weighted by atomic mass is 16.5. The van der Waals surface area contributed by atoms with Gasteiger partial charge in [-0.1, -0.05) is 18.2 Å². The Bertz CT molecular complexity index is 867. The van der Waals surface area contributed by atoms with Crippen LogP contribution in [0.25, 0.3) is 10.8 Å². The van der Waals surface area contributed by atoms with Crippen LogP contribution in [0.2, 0.25) is 0 Å². The Balaban J connectivity index is 2.13. The minimum atomic E-state index is -1.37. The lowest BCUT2D eigenvalue weighted by atomic mass is 9.68. The van der Waals surface area contributed by atoms with Gasteiger partial charge in [0.05, 0.1) is 14.2 Å². The molecule has 0 saturated heterocycles. The summed E-state index contributed by atoms with van der Waals surface area (Å²) in [6.07, 6.45) is 0.813. The fourth-order valence-corrected chi connectivity index (χ4v) is 3.29. The fraction of sp³-hybridized carbons (Fsp3) is 0.316. The molecule has 0 bridgehead atoms. The number of hydrogen-bond acceptors (Lipinski definition) is 5. The molecule has 3 rings (SSSR count). The van der Waals surface area contributed by atoms with E-state index in [0.29, 0.717) is 17.7 Å². The van der Waals surface area contributed by atoms with E-state index in [0.717, 1.165) is 23.4 Å². The zero-order valence-electron chi connectivity index (χ0n) is 13.8. The largest absolute Gasteiger partial charge is 0.497 e. The summed E-state index contributed by atoms with van der Waals surface area (Å²) < 4.78 is 9.78. The van der Waals surface area contributed by atoms with Crippen molar-refractivity contribution in [3.8, 4) is 5.75 Å². The molecule has 0 aliphatic heterocycles. The van der Waals surface area contributed by atoms with Gasteiger partial charge in [-0.05, 0) is 48.2 Å². The van der Waals surface area contributed by atoms with Crippen LogP contribution in [0, 0.1) is 5.41 Å². The van der Waals surface area contributed by atoms with Crippen molar-refractivity contribution in [1.82, 2.24) is 0 Å². The van der Waals surface area contributed by atoms with Crippen molar-refractivity contribution in [2.45, 2.75) is 19.8 Å². The molecule has 5 heteroatoms. The van der Waals surface area contributed by atoms with Gasteiger partial charge in [-0.15, -0.1) is 0 Å². The zero-order chi connectivity index (χ0) is 17.5. The number of rotatable bonds is 3. The Morgan fingerprint density at radius 3 is 2.50 bits per heavy atom. The van der Waals surface area contributed by atoms with Gasteiger partial charge in [-0.25, -0.2) is 4.79 Å². The average molecular weight is 326 g/mol. The molecular weight excluding hydrogens is 308 g/mol. The number of benzene rings is 2. The SMILES string of the molecule is COC(=O)C(=O)[C@]1(C)CCc2c(ccc3ccc(OC)cc23)C1=O. The van der Waals surface area contributed by atoms with Crippen molar-refractivity contribution < 1.29 is 23.9 Å². The van der Waals surface area contributed by atoms with Crippen LogP contribution < -0.4 is 4.74 Å². The van der Waals surface area contributed by atoms with Crippen molar-refractivity contribution in [3.63, 3.8) is 0 Å². The number of carbonyl (C=O) groups is 3. The predicted octanol–water partition coefficient (Wildman–Crippen LogP) is 2.73. The van der Waals surface area contributed by atoms with Crippen LogP contribution in [0.4, 0.5) is 0 Å². The Hall–Kier alpha value is -2.69. The monoisotopic (exact) mass is 326 g/mol. The van der Waals surface area contributed by atoms with Crippen LogP contribution in [-0.4, -0.2) is 31.8 Å². The maximum Gasteiger partial charge on any atom is 0.375 e. The highest BCUT2D eigenvalue weighted by Crippen LogP contribution is 2.39. The molecule has 0 unspecified atom stereocenters. The number of carbonyl (C=O) groups excluding carboxylic acids is 3. The van der Waals surface area contributed by atoms with Crippen molar-refractivity contribution in [1.29, 1.82) is 0 Å². The molecule has 24 heavy (non-hydrogen) atoms. The van der Waals surface area contributed by atoms with Gasteiger partial charge in [0.15, 0.2) is 5.78 Å². The van der Waals surface area contributed by atoms with Gasteiger partial charge >= 0.3 is 5.97 Å². The van der Waals surface area contributed by atoms with E-state index in [1.165, 1.54) is 6.92 Å². The second kappa shape index (κ2) is 5.74. The van der Waals surface area contributed by atoms with Gasteiger partial charge in [0.25, 0.3) is 5.78 Å². The molecule has 1 atom stereocenters. The van der Waals surface area contributed by atoms with Crippen LogP contribution in [-0.2, 0) is 20.7 Å². The lowest BCUT2D eigenvalue weighted by Crippen LogP contribution is -2.44. The Morgan fingerprint density at radius 2 is 1.83 bits per heavy atom. The molecule has 2 aromatic carbocycles. The summed E-state index contributed by atoms with van der Waals surface area (Å²) in [4.78, 5) is 36.9. The molecule has 0 radical (unpaired) electrons. The maximum atomic E-state index is 12.9. The number of aryl methyl sites for hydroxylation is 1. The summed E-state index contributed by atoms with van der Waals surface area (Å²) in [6, 6.07) is 9.27. The van der Waals surface area contributed by atoms with E-state index in [2.05, 4.69) is 4.74 Å². The maximum absolute atomic E-state index is 12.9. The van der Waals surface area contributed by atoms with Crippen LogP contribution in [0.5, 0.6) is 5.75 Å². The van der Waals surface area contributed by atoms with Crippen molar-refractivity contribution in [3.05, 3.63) is 41.5 Å². The third-order valence-electron chi connectivity index (χ3n) is 4.83. The average Bonchev–Trinajstić information content (AvgIpc) is 2.62. The van der Waals surface area contributed by atoms with Gasteiger partial charge in [0.1, 0.15) is 11.2 Å². The zero-order valence-corrected chi connectivity index (χ0v) is 13.8. The standard InChI is InChI=1S/C19H18O5/c1-19(17(21)18(22)24-3)9-8-13-14(16(19)20)7-5-11-4-6-12(23-2)10-15(11)13/h4-7,10H,8-9H2,1-3H3/t19-/m1/s1. The number of hydrogen-bond donors (Lipinski definition) is 0. The number of fused-ring (bicyclic) bond motifs is 3. The van der Waals surface area contributed by atoms with E-state index < -0.39 is 17.2 Å². The van der Waals surface area contributed by atoms with E-state index in [-0.39, 0.29) is 12.2 Å². The summed E-state index contributed by atoms with van der Waals surface area (Å²) in [5.41, 5.74) is 0.0143. The lowest BCUT2D eigenvalue weighted by Gasteiger charge is -2.31. The van der Waals surface area contributed by atoms with Crippen molar-refractivity contribution in [2.24, 2.45) is 5.41 Å². The summed E-state index contributed by atoms with van der Waals surface area (Å²) in [7, 11) is 2.73. The Labute approximate surface area is 139 Å². The quantitative estimate of drug-likeness (QED) is 0.493. The predicted molar refractivity (Wildman–Crippen MR) is 88.3 cm³/mol. The first-order valence-corrected chi connectivity index (χ1v) is 7.69. The second-order valence-electron chi connectivity index (χ2n) is 6.16. The van der Waals surface area contributed by atoms with Crippen molar-refractivity contribution >= 4 is 28.3 Å². The molecule has 2 aromatic rings. The van der Waals surface area contributed by atoms with Crippen molar-refractivity contribution in [2.75, 3.05) is 14.2 Å². The topological polar surface area (TPSA) is 69.7 Å². The number of esters is 1. The smallest absolute Gasteiger partial charge is 0.375 e. The lowest BCUT2D eigenvalue weighted by molar-refractivity contribution is -0.155. The molecule has 1 aliphatic rings. The van der Waals surface area contributed by atoms with E-state index in [9.17, 15) is 14.4 Å². The van der Waals surface area contributed by atoms with Gasteiger partial charge < -0.3 is 9.47 Å². The van der Waals surface area contributed by atoms with E-state index in [1.54, 1.807) is 13.2 Å². The van der Waals surface area contributed by atoms with E-state index >= 15 is 0 Å². The van der Waals surface area contributed by atoms with E-state index in [4.69, 9.17) is 4.74 Å². The highest BCUT2D eigenvalue weighted by molar-refractivity contribution is 6.41. The first-order valence-electron chi connectivity index (χ1n) is 7.69. The van der Waals surface area contributed by atoms with Crippen LogP contribution in [0.15, 0.2) is 30.3 Å². The molecular formula is C19H18O5. The molecule has 124 valence electrons. The molecule has 0 aromatic heterocycles. The minimum absolute atomic E-state index is 0.281. The Kier molecular flexibility index (Phi) is 3.87.